The molecule has 7 heteroatoms. The molecule has 5 nitrogen and oxygen atoms in total. The zero-order chi connectivity index (χ0) is 23.9. The number of carbonyl (C=O) groups is 1. The van der Waals surface area contributed by atoms with Crippen molar-refractivity contribution in [3.8, 4) is 22.6 Å². The van der Waals surface area contributed by atoms with E-state index in [1.54, 1.807) is 24.1 Å². The number of rotatable bonds is 5. The molecule has 3 aromatic rings. The molecule has 0 unspecified atom stereocenters. The standard InChI is InChI=1S/C26H26F2N2O3/c1-15-6-7-17(28)13-23(15)33-14-20-18(19-12-16(27)8-11-22(19)32-5)9-10-21-24(20)30(4)25(31)26(2,3)29-21/h6-13,29H,14H2,1-5H3. The fourth-order valence-electron chi connectivity index (χ4n) is 4.20. The highest BCUT2D eigenvalue weighted by molar-refractivity contribution is 6.08. The number of carbonyl (C=O) groups excluding carboxylic acids is 1. The maximum Gasteiger partial charge on any atom is 0.251 e. The van der Waals surface area contributed by atoms with Gasteiger partial charge in [-0.2, -0.15) is 0 Å². The van der Waals surface area contributed by atoms with E-state index in [-0.39, 0.29) is 12.5 Å². The van der Waals surface area contributed by atoms with Crippen LogP contribution in [0.25, 0.3) is 11.1 Å². The lowest BCUT2D eigenvalue weighted by molar-refractivity contribution is -0.121. The van der Waals surface area contributed by atoms with E-state index in [1.165, 1.54) is 31.4 Å². The second-order valence-corrected chi connectivity index (χ2v) is 8.65. The summed E-state index contributed by atoms with van der Waals surface area (Å²) < 4.78 is 39.6. The summed E-state index contributed by atoms with van der Waals surface area (Å²) in [6, 6.07) is 12.3. The first-order valence-electron chi connectivity index (χ1n) is 10.6. The van der Waals surface area contributed by atoms with Crippen LogP contribution >= 0.6 is 0 Å². The average molecular weight is 453 g/mol. The number of ether oxygens (including phenoxy) is 2. The molecule has 1 N–H and O–H groups in total. The van der Waals surface area contributed by atoms with Crippen molar-refractivity contribution in [1.82, 2.24) is 0 Å². The zero-order valence-corrected chi connectivity index (χ0v) is 19.3. The molecule has 0 fully saturated rings. The fraction of sp³-hybridized carbons (Fsp3) is 0.269. The van der Waals surface area contributed by atoms with Gasteiger partial charge in [-0.05, 0) is 62.2 Å². The number of amides is 1. The van der Waals surface area contributed by atoms with Gasteiger partial charge in [0, 0.05) is 24.2 Å². The van der Waals surface area contributed by atoms with Crippen molar-refractivity contribution < 1.29 is 23.0 Å². The van der Waals surface area contributed by atoms with E-state index in [2.05, 4.69) is 5.32 Å². The number of nitrogens with one attached hydrogen (secondary N) is 1. The van der Waals surface area contributed by atoms with Crippen molar-refractivity contribution in [2.45, 2.75) is 32.9 Å². The second-order valence-electron chi connectivity index (χ2n) is 8.65. The van der Waals surface area contributed by atoms with E-state index >= 15 is 0 Å². The predicted octanol–water partition coefficient (Wildman–Crippen LogP) is 5.69. The first kappa shape index (κ1) is 22.6. The first-order chi connectivity index (χ1) is 15.6. The third-order valence-electron chi connectivity index (χ3n) is 5.88. The Morgan fingerprint density at radius 1 is 0.970 bits per heavy atom. The highest BCUT2D eigenvalue weighted by Gasteiger charge is 2.38. The smallest absolute Gasteiger partial charge is 0.251 e. The molecule has 3 aromatic carbocycles. The SMILES string of the molecule is COc1ccc(F)cc1-c1ccc2c(c1COc1cc(F)ccc1C)N(C)C(=O)C(C)(C)N2. The summed E-state index contributed by atoms with van der Waals surface area (Å²) in [5.74, 6) is -0.0736. The molecular weight excluding hydrogens is 426 g/mol. The van der Waals surface area contributed by atoms with Crippen molar-refractivity contribution in [3.63, 3.8) is 0 Å². The number of nitrogens with zero attached hydrogens (tertiary/aromatic N) is 1. The van der Waals surface area contributed by atoms with Gasteiger partial charge in [0.05, 0.1) is 18.5 Å². The molecule has 1 heterocycles. The number of hydrogen-bond donors (Lipinski definition) is 1. The molecule has 0 aliphatic carbocycles. The van der Waals surface area contributed by atoms with Crippen LogP contribution in [0.3, 0.4) is 0 Å². The molecule has 1 amide bonds. The Bertz CT molecular complexity index is 1240. The van der Waals surface area contributed by atoms with Gasteiger partial charge in [0.2, 0.25) is 0 Å². The van der Waals surface area contributed by atoms with Gasteiger partial charge in [-0.25, -0.2) is 8.78 Å². The van der Waals surface area contributed by atoms with Gasteiger partial charge in [-0.1, -0.05) is 12.1 Å². The molecule has 0 radical (unpaired) electrons. The number of fused-ring (bicyclic) bond motifs is 1. The molecule has 0 saturated heterocycles. The molecule has 1 aliphatic rings. The second kappa shape index (κ2) is 8.39. The molecule has 0 atom stereocenters. The van der Waals surface area contributed by atoms with Crippen LogP contribution < -0.4 is 19.7 Å². The summed E-state index contributed by atoms with van der Waals surface area (Å²) in [4.78, 5) is 14.6. The molecular formula is C26H26F2N2O3. The van der Waals surface area contributed by atoms with E-state index in [0.717, 1.165) is 11.3 Å². The van der Waals surface area contributed by atoms with Crippen molar-refractivity contribution in [1.29, 1.82) is 0 Å². The van der Waals surface area contributed by atoms with E-state index in [4.69, 9.17) is 9.47 Å². The van der Waals surface area contributed by atoms with Crippen molar-refractivity contribution >= 4 is 17.3 Å². The van der Waals surface area contributed by atoms with E-state index < -0.39 is 17.2 Å². The number of aryl methyl sites for hydroxylation is 1. The van der Waals surface area contributed by atoms with Gasteiger partial charge >= 0.3 is 0 Å². The highest BCUT2D eigenvalue weighted by atomic mass is 19.1. The minimum absolute atomic E-state index is 0.0300. The van der Waals surface area contributed by atoms with Gasteiger partial charge in [-0.15, -0.1) is 0 Å². The molecule has 4 rings (SSSR count). The van der Waals surface area contributed by atoms with Crippen LogP contribution in [0.5, 0.6) is 11.5 Å². The molecule has 0 saturated carbocycles. The number of hydrogen-bond acceptors (Lipinski definition) is 4. The van der Waals surface area contributed by atoms with Gasteiger partial charge in [-0.3, -0.25) is 4.79 Å². The average Bonchev–Trinajstić information content (AvgIpc) is 2.77. The highest BCUT2D eigenvalue weighted by Crippen LogP contribution is 2.44. The molecule has 0 bridgehead atoms. The van der Waals surface area contributed by atoms with Crippen LogP contribution in [-0.4, -0.2) is 25.6 Å². The van der Waals surface area contributed by atoms with Crippen LogP contribution in [0, 0.1) is 18.6 Å². The lowest BCUT2D eigenvalue weighted by Gasteiger charge is -2.39. The van der Waals surface area contributed by atoms with Gasteiger partial charge < -0.3 is 19.7 Å². The van der Waals surface area contributed by atoms with E-state index in [0.29, 0.717) is 33.9 Å². The van der Waals surface area contributed by atoms with Crippen LogP contribution in [0.1, 0.15) is 25.0 Å². The van der Waals surface area contributed by atoms with Gasteiger partial charge in [0.25, 0.3) is 5.91 Å². The lowest BCUT2D eigenvalue weighted by atomic mass is 9.91. The normalized spacial score (nSPS) is 14.5. The number of methoxy groups -OCH3 is 1. The quantitative estimate of drug-likeness (QED) is 0.540. The molecule has 1 aliphatic heterocycles. The summed E-state index contributed by atoms with van der Waals surface area (Å²) in [6.07, 6.45) is 0. The minimum atomic E-state index is -0.795. The maximum atomic E-state index is 14.2. The van der Waals surface area contributed by atoms with Gasteiger partial charge in [0.15, 0.2) is 0 Å². The van der Waals surface area contributed by atoms with E-state index in [9.17, 15) is 13.6 Å². The molecule has 0 spiro atoms. The Labute approximate surface area is 191 Å². The summed E-state index contributed by atoms with van der Waals surface area (Å²) in [6.45, 7) is 5.47. The fourth-order valence-corrected chi connectivity index (χ4v) is 4.20. The summed E-state index contributed by atoms with van der Waals surface area (Å²) in [5.41, 5.74) is 3.18. The largest absolute Gasteiger partial charge is 0.496 e. The Morgan fingerprint density at radius 3 is 2.39 bits per heavy atom. The molecule has 33 heavy (non-hydrogen) atoms. The van der Waals surface area contributed by atoms with Crippen LogP contribution in [0.15, 0.2) is 48.5 Å². The van der Waals surface area contributed by atoms with Crippen molar-refractivity contribution in [3.05, 3.63) is 71.3 Å². The monoisotopic (exact) mass is 452 g/mol. The Hall–Kier alpha value is -3.61. The Balaban J connectivity index is 1.90. The minimum Gasteiger partial charge on any atom is -0.496 e. The Morgan fingerprint density at radius 2 is 1.67 bits per heavy atom. The van der Waals surface area contributed by atoms with Crippen LogP contribution in [0.2, 0.25) is 0 Å². The number of benzene rings is 3. The van der Waals surface area contributed by atoms with Crippen LogP contribution in [-0.2, 0) is 11.4 Å². The third-order valence-corrected chi connectivity index (χ3v) is 5.88. The van der Waals surface area contributed by atoms with Crippen molar-refractivity contribution in [2.75, 3.05) is 24.4 Å². The summed E-state index contributed by atoms with van der Waals surface area (Å²) in [7, 11) is 3.22. The predicted molar refractivity (Wildman–Crippen MR) is 125 cm³/mol. The Kier molecular flexibility index (Phi) is 5.74. The number of halogens is 2. The van der Waals surface area contributed by atoms with E-state index in [1.807, 2.05) is 32.9 Å². The maximum absolute atomic E-state index is 14.2. The topological polar surface area (TPSA) is 50.8 Å². The van der Waals surface area contributed by atoms with Crippen molar-refractivity contribution in [2.24, 2.45) is 0 Å². The molecule has 0 aromatic heterocycles. The van der Waals surface area contributed by atoms with Crippen LogP contribution in [0.4, 0.5) is 20.2 Å². The summed E-state index contributed by atoms with van der Waals surface area (Å²) >= 11 is 0. The first-order valence-corrected chi connectivity index (χ1v) is 10.6. The van der Waals surface area contributed by atoms with Gasteiger partial charge in [0.1, 0.15) is 35.3 Å². The number of anilines is 2. The third kappa shape index (κ3) is 4.11. The lowest BCUT2D eigenvalue weighted by Crippen LogP contribution is -2.52. The summed E-state index contributed by atoms with van der Waals surface area (Å²) in [5, 5.41) is 3.28. The number of likely N-dealkylation sites (N-methyl/N-ethyl adjacent to an activating group) is 1. The molecule has 172 valence electrons. The zero-order valence-electron chi connectivity index (χ0n) is 19.3.